The smallest absolute Gasteiger partial charge is 0.308 e. The van der Waals surface area contributed by atoms with Crippen LogP contribution in [0.1, 0.15) is 58.4 Å². The van der Waals surface area contributed by atoms with Gasteiger partial charge in [-0.15, -0.1) is 0 Å². The zero-order chi connectivity index (χ0) is 21.0. The lowest BCUT2D eigenvalue weighted by Gasteiger charge is -2.31. The summed E-state index contributed by atoms with van der Waals surface area (Å²) >= 11 is 0. The van der Waals surface area contributed by atoms with Gasteiger partial charge in [-0.25, -0.2) is 4.79 Å². The second kappa shape index (κ2) is 9.12. The molecule has 156 valence electrons. The van der Waals surface area contributed by atoms with Crippen LogP contribution in [0.25, 0.3) is 0 Å². The molecular formula is C24H32N2O2S. The molecule has 1 atom stereocenters. The Kier molecular flexibility index (Phi) is 6.78. The van der Waals surface area contributed by atoms with Crippen molar-refractivity contribution in [2.75, 3.05) is 17.3 Å². The topological polar surface area (TPSA) is 49.4 Å². The minimum absolute atomic E-state index is 0.170. The number of nitrogens with one attached hydrogen (secondary N) is 1. The molecule has 5 heteroatoms. The highest BCUT2D eigenvalue weighted by Crippen LogP contribution is 2.38. The Morgan fingerprint density at radius 1 is 1.00 bits per heavy atom. The lowest BCUT2D eigenvalue weighted by Crippen LogP contribution is -2.34. The summed E-state index contributed by atoms with van der Waals surface area (Å²) in [6.45, 7) is 6.38. The summed E-state index contributed by atoms with van der Waals surface area (Å²) < 4.78 is 13.5. The highest BCUT2D eigenvalue weighted by Gasteiger charge is 2.30. The van der Waals surface area contributed by atoms with Gasteiger partial charge in [-0.05, 0) is 42.0 Å². The predicted molar refractivity (Wildman–Crippen MR) is 122 cm³/mol. The minimum Gasteiger partial charge on any atom is -0.308 e. The van der Waals surface area contributed by atoms with E-state index in [-0.39, 0.29) is 16.7 Å². The van der Waals surface area contributed by atoms with E-state index in [1.165, 1.54) is 6.42 Å². The first-order chi connectivity index (χ1) is 13.8. The van der Waals surface area contributed by atoms with Crippen LogP contribution in [-0.2, 0) is 16.2 Å². The number of hydrogen-bond donors (Lipinski definition) is 1. The minimum atomic E-state index is -1.13. The first kappa shape index (κ1) is 21.6. The summed E-state index contributed by atoms with van der Waals surface area (Å²) in [5.41, 5.74) is 2.37. The molecule has 1 N–H and O–H groups in total. The number of anilines is 2. The quantitative estimate of drug-likeness (QED) is 0.660. The second-order valence-corrected chi connectivity index (χ2v) is 10.5. The van der Waals surface area contributed by atoms with Crippen LogP contribution in [0.4, 0.5) is 16.2 Å². The third-order valence-corrected chi connectivity index (χ3v) is 7.38. The fourth-order valence-corrected chi connectivity index (χ4v) is 5.70. The van der Waals surface area contributed by atoms with Gasteiger partial charge < -0.3 is 5.32 Å². The van der Waals surface area contributed by atoms with Gasteiger partial charge in [-0.1, -0.05) is 70.4 Å². The van der Waals surface area contributed by atoms with Gasteiger partial charge in [0.05, 0.1) is 21.4 Å². The summed E-state index contributed by atoms with van der Waals surface area (Å²) in [7, 11) is 0.637. The first-order valence-electron chi connectivity index (χ1n) is 10.4. The van der Waals surface area contributed by atoms with E-state index < -0.39 is 10.8 Å². The van der Waals surface area contributed by atoms with E-state index in [1.54, 1.807) is 11.9 Å². The Morgan fingerprint density at radius 2 is 1.66 bits per heavy atom. The van der Waals surface area contributed by atoms with Crippen LogP contribution in [0.15, 0.2) is 53.4 Å². The van der Waals surface area contributed by atoms with Gasteiger partial charge in [0, 0.05) is 18.0 Å². The molecule has 0 radical (unpaired) electrons. The summed E-state index contributed by atoms with van der Waals surface area (Å²) in [5.74, 6) is 0. The standard InChI is InChI=1S/C24H32N2O2S/c1-24(2,3)20-16-11-17-21(29(28)19-14-9-6-10-15-19)22(20)26(4)23(27)25-18-12-7-5-8-13-18/h5,7-8,11-13,16-17,19H,6,9-10,14-15H2,1-4H3,(H,25,27). The lowest BCUT2D eigenvalue weighted by atomic mass is 9.85. The third kappa shape index (κ3) is 5.08. The number of rotatable bonds is 4. The molecule has 1 aliphatic carbocycles. The van der Waals surface area contributed by atoms with Crippen molar-refractivity contribution in [3.63, 3.8) is 0 Å². The van der Waals surface area contributed by atoms with E-state index in [0.717, 1.165) is 47.5 Å². The van der Waals surface area contributed by atoms with Gasteiger partial charge in [0.25, 0.3) is 0 Å². The Morgan fingerprint density at radius 3 is 2.28 bits per heavy atom. The Bertz CT molecular complexity index is 868. The summed E-state index contributed by atoms with van der Waals surface area (Å²) in [6, 6.07) is 15.2. The van der Waals surface area contributed by atoms with Gasteiger partial charge in [-0.3, -0.25) is 9.11 Å². The maximum Gasteiger partial charge on any atom is 0.326 e. The molecule has 0 saturated heterocycles. The Labute approximate surface area is 177 Å². The highest BCUT2D eigenvalue weighted by molar-refractivity contribution is 7.85. The summed E-state index contributed by atoms with van der Waals surface area (Å²) in [5, 5.41) is 3.12. The van der Waals surface area contributed by atoms with Crippen LogP contribution in [0.2, 0.25) is 0 Å². The van der Waals surface area contributed by atoms with Gasteiger partial charge in [0.1, 0.15) is 0 Å². The number of hydrogen-bond acceptors (Lipinski definition) is 2. The molecule has 0 bridgehead atoms. The molecule has 1 unspecified atom stereocenters. The van der Waals surface area contributed by atoms with Crippen molar-refractivity contribution in [1.29, 1.82) is 0 Å². The van der Waals surface area contributed by atoms with Crippen molar-refractivity contribution in [2.24, 2.45) is 0 Å². The monoisotopic (exact) mass is 412 g/mol. The molecule has 1 aliphatic rings. The number of carbonyl (C=O) groups excluding carboxylic acids is 1. The molecule has 0 heterocycles. The number of para-hydroxylation sites is 2. The van der Waals surface area contributed by atoms with Crippen LogP contribution >= 0.6 is 0 Å². The summed E-state index contributed by atoms with van der Waals surface area (Å²) in [6.07, 6.45) is 5.48. The molecule has 2 aromatic carbocycles. The second-order valence-electron chi connectivity index (χ2n) is 8.81. The molecule has 0 aromatic heterocycles. The number of urea groups is 1. The van der Waals surface area contributed by atoms with E-state index in [2.05, 4.69) is 26.1 Å². The third-order valence-electron chi connectivity index (χ3n) is 5.54. The van der Waals surface area contributed by atoms with Crippen molar-refractivity contribution in [1.82, 2.24) is 0 Å². The van der Waals surface area contributed by atoms with E-state index in [1.807, 2.05) is 48.5 Å². The average Bonchev–Trinajstić information content (AvgIpc) is 2.73. The first-order valence-corrected chi connectivity index (χ1v) is 11.6. The zero-order valence-corrected chi connectivity index (χ0v) is 18.7. The van der Waals surface area contributed by atoms with E-state index in [4.69, 9.17) is 0 Å². The molecule has 0 aliphatic heterocycles. The largest absolute Gasteiger partial charge is 0.326 e. The van der Waals surface area contributed by atoms with E-state index in [9.17, 15) is 9.00 Å². The summed E-state index contributed by atoms with van der Waals surface area (Å²) in [4.78, 5) is 15.5. The van der Waals surface area contributed by atoms with Crippen molar-refractivity contribution < 1.29 is 9.00 Å². The normalized spacial score (nSPS) is 16.3. The van der Waals surface area contributed by atoms with Gasteiger partial charge in [-0.2, -0.15) is 0 Å². The molecular weight excluding hydrogens is 380 g/mol. The zero-order valence-electron chi connectivity index (χ0n) is 17.9. The Balaban J connectivity index is 1.99. The van der Waals surface area contributed by atoms with E-state index >= 15 is 0 Å². The molecule has 29 heavy (non-hydrogen) atoms. The highest BCUT2D eigenvalue weighted by atomic mass is 32.2. The fourth-order valence-electron chi connectivity index (χ4n) is 3.92. The van der Waals surface area contributed by atoms with Crippen LogP contribution in [0.5, 0.6) is 0 Å². The van der Waals surface area contributed by atoms with Crippen LogP contribution in [-0.4, -0.2) is 22.5 Å². The predicted octanol–water partition coefficient (Wildman–Crippen LogP) is 6.09. The molecule has 2 amide bonds. The van der Waals surface area contributed by atoms with Crippen molar-refractivity contribution in [3.8, 4) is 0 Å². The van der Waals surface area contributed by atoms with Gasteiger partial charge in [0.15, 0.2) is 0 Å². The van der Waals surface area contributed by atoms with Crippen LogP contribution < -0.4 is 10.2 Å². The molecule has 1 fully saturated rings. The Hall–Kier alpha value is -2.14. The van der Waals surface area contributed by atoms with E-state index in [0.29, 0.717) is 0 Å². The number of benzene rings is 2. The number of nitrogens with zero attached hydrogens (tertiary/aromatic N) is 1. The molecule has 0 spiro atoms. The average molecular weight is 413 g/mol. The lowest BCUT2D eigenvalue weighted by molar-refractivity contribution is 0.258. The van der Waals surface area contributed by atoms with Crippen LogP contribution in [0, 0.1) is 0 Å². The molecule has 4 nitrogen and oxygen atoms in total. The SMILES string of the molecule is CN(C(=O)Nc1ccccc1)c1c(S(=O)C2CCCCC2)cccc1C(C)(C)C. The fraction of sp³-hybridized carbons (Fsp3) is 0.458. The van der Waals surface area contributed by atoms with Crippen molar-refractivity contribution >= 4 is 28.2 Å². The molecule has 2 aromatic rings. The molecule has 1 saturated carbocycles. The maximum atomic E-state index is 13.5. The van der Waals surface area contributed by atoms with Gasteiger partial charge >= 0.3 is 6.03 Å². The number of carbonyl (C=O) groups is 1. The van der Waals surface area contributed by atoms with Crippen molar-refractivity contribution in [3.05, 3.63) is 54.1 Å². The molecule has 3 rings (SSSR count). The van der Waals surface area contributed by atoms with Crippen LogP contribution in [0.3, 0.4) is 0 Å². The van der Waals surface area contributed by atoms with Crippen molar-refractivity contribution in [2.45, 2.75) is 68.4 Å². The maximum absolute atomic E-state index is 13.5. The number of amides is 2. The van der Waals surface area contributed by atoms with Gasteiger partial charge in [0.2, 0.25) is 0 Å².